The Balaban J connectivity index is 2.39. The minimum absolute atomic E-state index is 0.00432. The van der Waals surface area contributed by atoms with Crippen LogP contribution in [-0.4, -0.2) is 33.9 Å². The molecule has 82 valence electrons. The number of carboxylic acids is 1. The van der Waals surface area contributed by atoms with Gasteiger partial charge in [0.25, 0.3) is 0 Å². The molecule has 16 heavy (non-hydrogen) atoms. The first-order chi connectivity index (χ1) is 7.68. The van der Waals surface area contributed by atoms with Crippen molar-refractivity contribution in [3.8, 4) is 5.88 Å². The molecule has 5 nitrogen and oxygen atoms in total. The van der Waals surface area contributed by atoms with Crippen LogP contribution in [0.15, 0.2) is 29.3 Å². The van der Waals surface area contributed by atoms with E-state index in [1.54, 1.807) is 0 Å². The van der Waals surface area contributed by atoms with Gasteiger partial charge in [0.2, 0.25) is 0 Å². The Hall–Kier alpha value is -2.30. The summed E-state index contributed by atoms with van der Waals surface area (Å²) in [7, 11) is 0. The normalized spacial score (nSPS) is 11.2. The molecular formula is C11H10N2O3. The number of carboxylic acid groups (broad SMARTS) is 1. The van der Waals surface area contributed by atoms with Crippen molar-refractivity contribution in [1.29, 1.82) is 0 Å². The van der Waals surface area contributed by atoms with Crippen LogP contribution in [0, 0.1) is 0 Å². The Morgan fingerprint density at radius 2 is 2.19 bits per heavy atom. The highest BCUT2D eigenvalue weighted by Crippen LogP contribution is 2.24. The molecule has 1 aromatic carbocycles. The zero-order valence-electron chi connectivity index (χ0n) is 8.34. The zero-order valence-corrected chi connectivity index (χ0v) is 8.34. The van der Waals surface area contributed by atoms with Gasteiger partial charge in [0.15, 0.2) is 5.88 Å². The van der Waals surface area contributed by atoms with Crippen molar-refractivity contribution in [2.45, 2.75) is 0 Å². The number of aromatic hydroxyl groups is 1. The van der Waals surface area contributed by atoms with Gasteiger partial charge in [0.05, 0.1) is 5.56 Å². The Morgan fingerprint density at radius 3 is 2.94 bits per heavy atom. The minimum Gasteiger partial charge on any atom is -0.494 e. The molecule has 3 N–H and O–H groups in total. The summed E-state index contributed by atoms with van der Waals surface area (Å²) in [5.74, 6) is -1.01. The third kappa shape index (κ3) is 1.88. The highest BCUT2D eigenvalue weighted by atomic mass is 16.4. The van der Waals surface area contributed by atoms with Crippen molar-refractivity contribution in [3.63, 3.8) is 0 Å². The number of carbonyl (C=O) groups is 1. The molecule has 0 atom stereocenters. The lowest BCUT2D eigenvalue weighted by molar-refractivity contribution is -0.135. The molecule has 0 fully saturated rings. The van der Waals surface area contributed by atoms with Crippen LogP contribution < -0.4 is 0 Å². The number of aromatic nitrogens is 1. The maximum atomic E-state index is 10.3. The summed E-state index contributed by atoms with van der Waals surface area (Å²) in [5, 5.41) is 18.9. The summed E-state index contributed by atoms with van der Waals surface area (Å²) in [6, 6.07) is 7.33. The van der Waals surface area contributed by atoms with E-state index in [1.807, 2.05) is 24.3 Å². The molecule has 0 unspecified atom stereocenters. The molecule has 1 aromatic heterocycles. The van der Waals surface area contributed by atoms with Gasteiger partial charge in [0.1, 0.15) is 6.54 Å². The van der Waals surface area contributed by atoms with E-state index in [1.165, 1.54) is 6.21 Å². The molecular weight excluding hydrogens is 208 g/mol. The lowest BCUT2D eigenvalue weighted by Crippen LogP contribution is -1.99. The molecule has 0 radical (unpaired) electrons. The molecule has 5 heteroatoms. The highest BCUT2D eigenvalue weighted by Gasteiger charge is 2.07. The van der Waals surface area contributed by atoms with Gasteiger partial charge in [-0.1, -0.05) is 18.2 Å². The van der Waals surface area contributed by atoms with Gasteiger partial charge >= 0.3 is 5.97 Å². The van der Waals surface area contributed by atoms with E-state index in [9.17, 15) is 9.90 Å². The lowest BCUT2D eigenvalue weighted by Gasteiger charge is -1.91. The van der Waals surface area contributed by atoms with E-state index in [0.29, 0.717) is 5.56 Å². The fraction of sp³-hybridized carbons (Fsp3) is 0.0909. The predicted octanol–water partition coefficient (Wildman–Crippen LogP) is 1.38. The number of nitrogens with zero attached hydrogens (tertiary/aromatic N) is 1. The summed E-state index contributed by atoms with van der Waals surface area (Å²) in [6.07, 6.45) is 1.36. The Kier molecular flexibility index (Phi) is 2.59. The van der Waals surface area contributed by atoms with Crippen LogP contribution in [0.2, 0.25) is 0 Å². The number of benzene rings is 1. The number of aromatic amines is 1. The average molecular weight is 218 g/mol. The number of hydrogen-bond donors (Lipinski definition) is 3. The van der Waals surface area contributed by atoms with Crippen LogP contribution in [0.4, 0.5) is 0 Å². The van der Waals surface area contributed by atoms with E-state index in [0.717, 1.165) is 10.9 Å². The van der Waals surface area contributed by atoms with E-state index >= 15 is 0 Å². The van der Waals surface area contributed by atoms with Crippen molar-refractivity contribution in [3.05, 3.63) is 29.8 Å². The smallest absolute Gasteiger partial charge is 0.325 e. The van der Waals surface area contributed by atoms with Gasteiger partial charge in [0, 0.05) is 17.1 Å². The van der Waals surface area contributed by atoms with Crippen LogP contribution >= 0.6 is 0 Å². The van der Waals surface area contributed by atoms with Crippen molar-refractivity contribution in [2.24, 2.45) is 4.99 Å². The van der Waals surface area contributed by atoms with Crippen LogP contribution in [0.5, 0.6) is 5.88 Å². The molecule has 1 heterocycles. The average Bonchev–Trinajstić information content (AvgIpc) is 2.55. The van der Waals surface area contributed by atoms with Crippen LogP contribution in [-0.2, 0) is 4.79 Å². The summed E-state index contributed by atoms with van der Waals surface area (Å²) >= 11 is 0. The van der Waals surface area contributed by atoms with E-state index in [4.69, 9.17) is 5.11 Å². The van der Waals surface area contributed by atoms with Crippen LogP contribution in [0.3, 0.4) is 0 Å². The molecule has 0 aliphatic rings. The topological polar surface area (TPSA) is 85.7 Å². The predicted molar refractivity (Wildman–Crippen MR) is 60.1 cm³/mol. The number of para-hydroxylation sites is 1. The molecule has 2 rings (SSSR count). The van der Waals surface area contributed by atoms with E-state index in [2.05, 4.69) is 9.98 Å². The van der Waals surface area contributed by atoms with Gasteiger partial charge in [-0.15, -0.1) is 0 Å². The SMILES string of the molecule is O=C(O)CN=Cc1c(O)[nH]c2ccccc12. The maximum absolute atomic E-state index is 10.3. The molecule has 0 saturated heterocycles. The van der Waals surface area contributed by atoms with Crippen molar-refractivity contribution in [1.82, 2.24) is 4.98 Å². The van der Waals surface area contributed by atoms with Gasteiger partial charge in [-0.05, 0) is 6.07 Å². The zero-order chi connectivity index (χ0) is 11.5. The number of rotatable bonds is 3. The molecule has 0 aliphatic carbocycles. The largest absolute Gasteiger partial charge is 0.494 e. The number of H-pyrrole nitrogens is 1. The Morgan fingerprint density at radius 1 is 1.44 bits per heavy atom. The molecule has 0 amide bonds. The Bertz CT molecular complexity index is 557. The van der Waals surface area contributed by atoms with Crippen LogP contribution in [0.1, 0.15) is 5.56 Å². The second-order valence-corrected chi connectivity index (χ2v) is 3.30. The van der Waals surface area contributed by atoms with Crippen LogP contribution in [0.25, 0.3) is 10.9 Å². The lowest BCUT2D eigenvalue weighted by atomic mass is 10.2. The number of aliphatic imine (C=N–C) groups is 1. The van der Waals surface area contributed by atoms with Gasteiger partial charge in [-0.2, -0.15) is 0 Å². The number of aliphatic carboxylic acids is 1. The maximum Gasteiger partial charge on any atom is 0.325 e. The van der Waals surface area contributed by atoms with E-state index < -0.39 is 5.97 Å². The van der Waals surface area contributed by atoms with Gasteiger partial charge in [-0.25, -0.2) is 0 Å². The fourth-order valence-electron chi connectivity index (χ4n) is 1.50. The summed E-state index contributed by atoms with van der Waals surface area (Å²) in [6.45, 7) is -0.307. The quantitative estimate of drug-likeness (QED) is 0.680. The van der Waals surface area contributed by atoms with Crippen molar-refractivity contribution < 1.29 is 15.0 Å². The molecule has 0 saturated carbocycles. The fourth-order valence-corrected chi connectivity index (χ4v) is 1.50. The first-order valence-electron chi connectivity index (χ1n) is 4.70. The highest BCUT2D eigenvalue weighted by molar-refractivity contribution is 6.02. The molecule has 0 bridgehead atoms. The molecule has 0 spiro atoms. The summed E-state index contributed by atoms with van der Waals surface area (Å²) in [5.41, 5.74) is 1.30. The third-order valence-corrected chi connectivity index (χ3v) is 2.17. The number of fused-ring (bicyclic) bond motifs is 1. The third-order valence-electron chi connectivity index (χ3n) is 2.17. The standard InChI is InChI=1S/C11H10N2O3/c14-10(15)6-12-5-8-7-3-1-2-4-9(7)13-11(8)16/h1-5,13,16H,6H2,(H,14,15). The molecule has 2 aromatic rings. The minimum atomic E-state index is -1.00. The van der Waals surface area contributed by atoms with Crippen molar-refractivity contribution in [2.75, 3.05) is 6.54 Å². The Labute approximate surface area is 91.1 Å². The second-order valence-electron chi connectivity index (χ2n) is 3.30. The second kappa shape index (κ2) is 4.06. The number of nitrogens with one attached hydrogen (secondary N) is 1. The molecule has 0 aliphatic heterocycles. The van der Waals surface area contributed by atoms with Gasteiger partial charge in [-0.3, -0.25) is 9.79 Å². The van der Waals surface area contributed by atoms with Crippen molar-refractivity contribution >= 4 is 23.1 Å². The first kappa shape index (κ1) is 10.2. The van der Waals surface area contributed by atoms with E-state index in [-0.39, 0.29) is 12.4 Å². The monoisotopic (exact) mass is 218 g/mol. The first-order valence-corrected chi connectivity index (χ1v) is 4.70. The number of hydrogen-bond acceptors (Lipinski definition) is 3. The van der Waals surface area contributed by atoms with Gasteiger partial charge < -0.3 is 15.2 Å². The summed E-state index contributed by atoms with van der Waals surface area (Å²) < 4.78 is 0. The summed E-state index contributed by atoms with van der Waals surface area (Å²) in [4.78, 5) is 16.8.